The van der Waals surface area contributed by atoms with E-state index in [1.54, 1.807) is 22.8 Å². The minimum absolute atomic E-state index is 0.156. The third-order valence-electron chi connectivity index (χ3n) is 6.13. The number of halogens is 1. The molecule has 6 rings (SSSR count). The zero-order chi connectivity index (χ0) is 25.5. The van der Waals surface area contributed by atoms with Gasteiger partial charge < -0.3 is 5.32 Å². The maximum absolute atomic E-state index is 13.6. The number of hydrogen-bond donors (Lipinski definition) is 1. The van der Waals surface area contributed by atoms with Crippen molar-refractivity contribution in [3.05, 3.63) is 90.3 Å². The summed E-state index contributed by atoms with van der Waals surface area (Å²) in [5, 5.41) is 12.0. The first-order chi connectivity index (χ1) is 17.9. The number of nitrogens with zero attached hydrogens (tertiary/aromatic N) is 7. The van der Waals surface area contributed by atoms with Gasteiger partial charge in [0.15, 0.2) is 11.5 Å². The van der Waals surface area contributed by atoms with Gasteiger partial charge in [0.2, 0.25) is 5.91 Å². The summed E-state index contributed by atoms with van der Waals surface area (Å²) in [7, 11) is 0. The summed E-state index contributed by atoms with van der Waals surface area (Å²) in [6, 6.07) is 17.7. The molecule has 37 heavy (non-hydrogen) atoms. The first-order valence-corrected chi connectivity index (χ1v) is 11.9. The normalized spacial score (nSPS) is 11.4. The van der Waals surface area contributed by atoms with Crippen LogP contribution in [0.25, 0.3) is 33.9 Å². The van der Waals surface area contributed by atoms with Gasteiger partial charge in [-0.3, -0.25) is 13.9 Å². The third-order valence-corrected chi connectivity index (χ3v) is 6.13. The average molecular weight is 495 g/mol. The average Bonchev–Trinajstić information content (AvgIpc) is 3.56. The van der Waals surface area contributed by atoms with E-state index in [1.165, 1.54) is 12.1 Å². The van der Waals surface area contributed by atoms with Crippen LogP contribution in [0.4, 0.5) is 10.2 Å². The smallest absolute Gasteiger partial charge is 0.227 e. The standard InChI is InChI=1S/C27H23FN8O/c1-17-15-18(2)35(32-17)14-12-25(37)30-22-16-36-24(29-22)11-10-21(33-36)27-26(19-6-8-20(28)9-7-19)31-23-5-3-4-13-34(23)27/h3-11,13,15-16H,12,14H2,1-2H3,(H,30,37). The highest BCUT2D eigenvalue weighted by molar-refractivity contribution is 5.90. The van der Waals surface area contributed by atoms with Crippen molar-refractivity contribution in [1.29, 1.82) is 0 Å². The maximum atomic E-state index is 13.6. The molecule has 0 saturated heterocycles. The molecule has 1 aromatic carbocycles. The highest BCUT2D eigenvalue weighted by Crippen LogP contribution is 2.32. The molecule has 9 nitrogen and oxygen atoms in total. The Labute approximate surface area is 211 Å². The van der Waals surface area contributed by atoms with Crippen molar-refractivity contribution in [2.24, 2.45) is 0 Å². The molecule has 10 heteroatoms. The molecule has 0 unspecified atom stereocenters. The number of amides is 1. The molecule has 6 aromatic rings. The number of carbonyl (C=O) groups excluding carboxylic acids is 1. The van der Waals surface area contributed by atoms with Gasteiger partial charge in [-0.25, -0.2) is 18.9 Å². The lowest BCUT2D eigenvalue weighted by Crippen LogP contribution is -2.15. The quantitative estimate of drug-likeness (QED) is 0.363. The van der Waals surface area contributed by atoms with Crippen LogP contribution in [-0.4, -0.2) is 39.7 Å². The van der Waals surface area contributed by atoms with E-state index in [4.69, 9.17) is 10.1 Å². The number of carbonyl (C=O) groups is 1. The van der Waals surface area contributed by atoms with E-state index < -0.39 is 0 Å². The van der Waals surface area contributed by atoms with Crippen LogP contribution in [0.1, 0.15) is 17.8 Å². The Kier molecular flexibility index (Phi) is 5.48. The largest absolute Gasteiger partial charge is 0.309 e. The molecule has 0 saturated carbocycles. The van der Waals surface area contributed by atoms with Crippen LogP contribution in [0.15, 0.2) is 73.1 Å². The van der Waals surface area contributed by atoms with Crippen LogP contribution >= 0.6 is 0 Å². The predicted molar refractivity (Wildman–Crippen MR) is 138 cm³/mol. The van der Waals surface area contributed by atoms with E-state index in [2.05, 4.69) is 15.4 Å². The van der Waals surface area contributed by atoms with Crippen molar-refractivity contribution in [3.8, 4) is 22.6 Å². The predicted octanol–water partition coefficient (Wildman–Crippen LogP) is 4.69. The van der Waals surface area contributed by atoms with Crippen molar-refractivity contribution in [3.63, 3.8) is 0 Å². The van der Waals surface area contributed by atoms with Gasteiger partial charge in [-0.2, -0.15) is 10.2 Å². The summed E-state index contributed by atoms with van der Waals surface area (Å²) < 4.78 is 19.0. The lowest BCUT2D eigenvalue weighted by Gasteiger charge is -2.05. The molecule has 0 bridgehead atoms. The summed E-state index contributed by atoms with van der Waals surface area (Å²) >= 11 is 0. The Morgan fingerprint density at radius 3 is 2.59 bits per heavy atom. The van der Waals surface area contributed by atoms with E-state index in [0.717, 1.165) is 28.3 Å². The first-order valence-electron chi connectivity index (χ1n) is 11.9. The molecule has 1 amide bonds. The molecule has 0 aliphatic carbocycles. The van der Waals surface area contributed by atoms with Crippen LogP contribution in [0.5, 0.6) is 0 Å². The van der Waals surface area contributed by atoms with Crippen LogP contribution in [0.2, 0.25) is 0 Å². The van der Waals surface area contributed by atoms with E-state index >= 15 is 0 Å². The van der Waals surface area contributed by atoms with Gasteiger partial charge >= 0.3 is 0 Å². The highest BCUT2D eigenvalue weighted by Gasteiger charge is 2.18. The third kappa shape index (κ3) is 4.33. The molecule has 0 aliphatic heterocycles. The van der Waals surface area contributed by atoms with Gasteiger partial charge in [-0.05, 0) is 68.4 Å². The Balaban J connectivity index is 1.30. The minimum atomic E-state index is -0.309. The molecular weight excluding hydrogens is 471 g/mol. The van der Waals surface area contributed by atoms with Gasteiger partial charge in [0.05, 0.1) is 17.6 Å². The monoisotopic (exact) mass is 494 g/mol. The molecule has 5 aromatic heterocycles. The summed E-state index contributed by atoms with van der Waals surface area (Å²) in [5.41, 5.74) is 6.18. The molecule has 0 atom stereocenters. The van der Waals surface area contributed by atoms with Gasteiger partial charge in [0.25, 0.3) is 0 Å². The molecule has 0 radical (unpaired) electrons. The van der Waals surface area contributed by atoms with Crippen LogP contribution < -0.4 is 5.32 Å². The van der Waals surface area contributed by atoms with Crippen molar-refractivity contribution >= 4 is 23.0 Å². The summed E-state index contributed by atoms with van der Waals surface area (Å²) in [6.07, 6.45) is 3.87. The number of nitrogens with one attached hydrogen (secondary N) is 1. The van der Waals surface area contributed by atoms with Crippen LogP contribution in [0.3, 0.4) is 0 Å². The van der Waals surface area contributed by atoms with Crippen molar-refractivity contribution in [2.75, 3.05) is 5.32 Å². The Hall–Kier alpha value is -4.86. The van der Waals surface area contributed by atoms with Crippen molar-refractivity contribution in [2.45, 2.75) is 26.8 Å². The molecule has 184 valence electrons. The molecule has 1 N–H and O–H groups in total. The van der Waals surface area contributed by atoms with E-state index in [9.17, 15) is 9.18 Å². The fraction of sp³-hybridized carbons (Fsp3) is 0.148. The molecule has 0 aliphatic rings. The summed E-state index contributed by atoms with van der Waals surface area (Å²) in [5.74, 6) is -0.0482. The zero-order valence-corrected chi connectivity index (χ0v) is 20.3. The van der Waals surface area contributed by atoms with E-state index in [-0.39, 0.29) is 18.1 Å². The number of aryl methyl sites for hydroxylation is 3. The molecule has 0 fully saturated rings. The lowest BCUT2D eigenvalue weighted by molar-refractivity contribution is -0.116. The zero-order valence-electron chi connectivity index (χ0n) is 20.3. The van der Waals surface area contributed by atoms with Gasteiger partial charge in [-0.1, -0.05) is 6.07 Å². The lowest BCUT2D eigenvalue weighted by atomic mass is 10.1. The number of imidazole rings is 2. The number of benzene rings is 1. The number of rotatable bonds is 6. The second-order valence-corrected chi connectivity index (χ2v) is 8.84. The SMILES string of the molecule is Cc1cc(C)n(CCC(=O)Nc2cn3nc(-c4c(-c5ccc(F)cc5)nc5ccccn45)ccc3n2)n1. The second-order valence-electron chi connectivity index (χ2n) is 8.84. The maximum Gasteiger partial charge on any atom is 0.227 e. The van der Waals surface area contributed by atoms with Gasteiger partial charge in [0.1, 0.15) is 22.9 Å². The first kappa shape index (κ1) is 22.6. The van der Waals surface area contributed by atoms with Crippen LogP contribution in [-0.2, 0) is 11.3 Å². The Bertz CT molecular complexity index is 1760. The van der Waals surface area contributed by atoms with Crippen molar-refractivity contribution < 1.29 is 9.18 Å². The second kappa shape index (κ2) is 8.98. The van der Waals surface area contributed by atoms with Crippen molar-refractivity contribution in [1.82, 2.24) is 33.8 Å². The fourth-order valence-corrected chi connectivity index (χ4v) is 4.43. The Morgan fingerprint density at radius 2 is 1.81 bits per heavy atom. The Morgan fingerprint density at radius 1 is 0.973 bits per heavy atom. The van der Waals surface area contributed by atoms with Gasteiger partial charge in [0, 0.05) is 30.4 Å². The number of hydrogen-bond acceptors (Lipinski definition) is 5. The van der Waals surface area contributed by atoms with Gasteiger partial charge in [-0.15, -0.1) is 0 Å². The number of fused-ring (bicyclic) bond motifs is 2. The fourth-order valence-electron chi connectivity index (χ4n) is 4.43. The topological polar surface area (TPSA) is 94.4 Å². The molecule has 5 heterocycles. The summed E-state index contributed by atoms with van der Waals surface area (Å²) in [6.45, 7) is 4.38. The molecule has 0 spiro atoms. The minimum Gasteiger partial charge on any atom is -0.309 e. The van der Waals surface area contributed by atoms with E-state index in [0.29, 0.717) is 29.4 Å². The number of pyridine rings is 1. The van der Waals surface area contributed by atoms with Crippen LogP contribution in [0, 0.1) is 19.7 Å². The summed E-state index contributed by atoms with van der Waals surface area (Å²) in [4.78, 5) is 21.8. The number of anilines is 1. The van der Waals surface area contributed by atoms with E-state index in [1.807, 2.05) is 65.5 Å². The number of aromatic nitrogens is 7. The highest BCUT2D eigenvalue weighted by atomic mass is 19.1. The molecular formula is C27H23FN8O.